The van der Waals surface area contributed by atoms with E-state index in [2.05, 4.69) is 10.0 Å². The van der Waals surface area contributed by atoms with E-state index in [1.165, 1.54) is 12.1 Å². The number of aliphatic hydroxyl groups excluding tert-OH is 20. The zero-order valence-electron chi connectivity index (χ0n) is 27.8. The summed E-state index contributed by atoms with van der Waals surface area (Å²) in [5, 5.41) is 178. The highest BCUT2D eigenvalue weighted by atomic mass is 16.4. The fourth-order valence-electron chi connectivity index (χ4n) is 2.01. The van der Waals surface area contributed by atoms with Crippen molar-refractivity contribution < 1.29 is 112 Å². The summed E-state index contributed by atoms with van der Waals surface area (Å²) in [6.07, 6.45) is -12.2. The van der Waals surface area contributed by atoms with Crippen molar-refractivity contribution in [2.24, 2.45) is 5.11 Å². The number of nitrogens with zero attached hydrogens (tertiary/aromatic N) is 3. The average molecular weight is 774 g/mol. The van der Waals surface area contributed by atoms with Gasteiger partial charge in [0, 0.05) is 4.91 Å². The maximum Gasteiger partial charge on any atom is 0.336 e. The molecule has 21 N–H and O–H groups in total. The molecule has 25 nitrogen and oxygen atoms in total. The number of rotatable bonds is 17. The third-order valence-corrected chi connectivity index (χ3v) is 5.38. The van der Waals surface area contributed by atoms with Gasteiger partial charge in [0.15, 0.2) is 0 Å². The van der Waals surface area contributed by atoms with Crippen LogP contribution in [0, 0.1) is 0 Å². The maximum atomic E-state index is 10.5. The molecule has 0 fully saturated rings. The molecule has 0 spiro atoms. The molecule has 0 unspecified atom stereocenters. The van der Waals surface area contributed by atoms with Crippen LogP contribution in [0.15, 0.2) is 29.4 Å². The van der Waals surface area contributed by atoms with E-state index in [1.807, 2.05) is 0 Å². The average Bonchev–Trinajstić information content (AvgIpc) is 3.18. The third kappa shape index (κ3) is 33.1. The van der Waals surface area contributed by atoms with Crippen molar-refractivity contribution in [2.75, 3.05) is 66.1 Å². The standard InChI is InChI=1S/C7H5N3O2.5C4H10O4/c8-10-9-6-4-2-1-3-5(6)7(11)12;5*5-1-3(7)4(8)2-6/h1-4H,(H,11,12);5*3-8H,1-2H2/t;5*3-,4+. The quantitative estimate of drug-likeness (QED) is 0.0397. The number of carboxylic acids is 1. The predicted molar refractivity (Wildman–Crippen MR) is 173 cm³/mol. The fourth-order valence-corrected chi connectivity index (χ4v) is 2.01. The molecule has 1 aromatic rings. The molecule has 0 aromatic heterocycles. The van der Waals surface area contributed by atoms with E-state index in [9.17, 15) is 4.79 Å². The number of carbonyl (C=O) groups is 1. The first-order valence-electron chi connectivity index (χ1n) is 14.6. The zero-order chi connectivity index (χ0) is 41.8. The van der Waals surface area contributed by atoms with E-state index >= 15 is 0 Å². The van der Waals surface area contributed by atoms with Gasteiger partial charge in [-0.2, -0.15) is 0 Å². The summed E-state index contributed by atoms with van der Waals surface area (Å²) < 4.78 is 0. The molecule has 10 atom stereocenters. The predicted octanol–water partition coefficient (Wildman–Crippen LogP) is -9.21. The van der Waals surface area contributed by atoms with Gasteiger partial charge < -0.3 is 107 Å². The summed E-state index contributed by atoms with van der Waals surface area (Å²) >= 11 is 0. The summed E-state index contributed by atoms with van der Waals surface area (Å²) in [6, 6.07) is 6.01. The molecule has 0 saturated heterocycles. The van der Waals surface area contributed by atoms with E-state index in [1.54, 1.807) is 12.1 Å². The first-order chi connectivity index (χ1) is 24.3. The van der Waals surface area contributed by atoms with Gasteiger partial charge in [-0.25, -0.2) is 4.79 Å². The largest absolute Gasteiger partial charge is 0.478 e. The van der Waals surface area contributed by atoms with Gasteiger partial charge in [-0.15, -0.1) is 0 Å². The van der Waals surface area contributed by atoms with Crippen molar-refractivity contribution >= 4 is 11.7 Å². The first-order valence-corrected chi connectivity index (χ1v) is 14.6. The third-order valence-electron chi connectivity index (χ3n) is 5.38. The molecule has 0 heterocycles. The minimum atomic E-state index is -1.22. The van der Waals surface area contributed by atoms with Crippen molar-refractivity contribution in [1.82, 2.24) is 0 Å². The molecule has 310 valence electrons. The molecule has 0 amide bonds. The highest BCUT2D eigenvalue weighted by molar-refractivity contribution is 5.93. The Bertz CT molecular complexity index is 827. The van der Waals surface area contributed by atoms with Crippen LogP contribution in [0.5, 0.6) is 0 Å². The first kappa shape index (κ1) is 58.5. The number of aliphatic hydroxyl groups is 20. The van der Waals surface area contributed by atoms with Crippen LogP contribution in [0.4, 0.5) is 5.69 Å². The van der Waals surface area contributed by atoms with Crippen LogP contribution in [0.25, 0.3) is 10.4 Å². The smallest absolute Gasteiger partial charge is 0.336 e. The normalized spacial score (nSPS) is 15.8. The molecule has 0 bridgehead atoms. The Morgan fingerprint density at radius 1 is 0.462 bits per heavy atom. The van der Waals surface area contributed by atoms with Crippen molar-refractivity contribution in [2.45, 2.75) is 61.0 Å². The van der Waals surface area contributed by atoms with Crippen LogP contribution >= 0.6 is 0 Å². The number of carboxylic acid groups (broad SMARTS) is 1. The summed E-state index contributed by atoms with van der Waals surface area (Å²) in [4.78, 5) is 13.0. The van der Waals surface area contributed by atoms with Crippen LogP contribution in [-0.2, 0) is 0 Å². The number of benzene rings is 1. The van der Waals surface area contributed by atoms with E-state index in [0.29, 0.717) is 0 Å². The molecular weight excluding hydrogens is 718 g/mol. The summed E-state index contributed by atoms with van der Waals surface area (Å²) in [7, 11) is 0. The van der Waals surface area contributed by atoms with E-state index in [0.717, 1.165) is 0 Å². The highest BCUT2D eigenvalue weighted by Gasteiger charge is 2.15. The van der Waals surface area contributed by atoms with E-state index < -0.39 is 133 Å². The van der Waals surface area contributed by atoms with Crippen molar-refractivity contribution in [1.29, 1.82) is 0 Å². The monoisotopic (exact) mass is 773 g/mol. The second kappa shape index (κ2) is 39.4. The number of aromatic carboxylic acids is 1. The van der Waals surface area contributed by atoms with Crippen molar-refractivity contribution in [3.63, 3.8) is 0 Å². The molecule has 52 heavy (non-hydrogen) atoms. The topological polar surface area (TPSA) is 491 Å². The molecule has 25 heteroatoms. The molecular formula is C27H55N3O22. The van der Waals surface area contributed by atoms with Crippen LogP contribution < -0.4 is 0 Å². The molecule has 1 rings (SSSR count). The number of hydrogen-bond acceptors (Lipinski definition) is 22. The molecule has 0 aliphatic carbocycles. The summed E-state index contributed by atoms with van der Waals surface area (Å²) in [5.74, 6) is -1.10. The molecule has 0 aliphatic rings. The number of azide groups is 1. The molecule has 0 saturated carbocycles. The molecule has 1 aromatic carbocycles. The highest BCUT2D eigenvalue weighted by Crippen LogP contribution is 2.18. The fraction of sp³-hybridized carbons (Fsp3) is 0.741. The zero-order valence-corrected chi connectivity index (χ0v) is 27.8. The Morgan fingerprint density at radius 3 is 0.808 bits per heavy atom. The van der Waals surface area contributed by atoms with Crippen LogP contribution in [0.3, 0.4) is 0 Å². The Labute approximate surface area is 296 Å². The van der Waals surface area contributed by atoms with Gasteiger partial charge in [-0.05, 0) is 11.6 Å². The van der Waals surface area contributed by atoms with Gasteiger partial charge in [0.2, 0.25) is 0 Å². The Morgan fingerprint density at radius 2 is 0.654 bits per heavy atom. The summed E-state index contributed by atoms with van der Waals surface area (Å²) in [6.45, 7) is -5.26. The van der Waals surface area contributed by atoms with E-state index in [4.69, 9.17) is 113 Å². The van der Waals surface area contributed by atoms with Crippen LogP contribution in [-0.4, -0.2) is 240 Å². The van der Waals surface area contributed by atoms with Crippen molar-refractivity contribution in [3.05, 3.63) is 40.3 Å². The Balaban J connectivity index is -0.000000172. The lowest BCUT2D eigenvalue weighted by atomic mass is 10.2. The molecule has 0 radical (unpaired) electrons. The second-order valence-corrected chi connectivity index (χ2v) is 9.51. The van der Waals surface area contributed by atoms with Gasteiger partial charge in [0.05, 0.1) is 77.3 Å². The lowest BCUT2D eigenvalue weighted by molar-refractivity contribution is -0.0388. The van der Waals surface area contributed by atoms with Crippen molar-refractivity contribution in [3.8, 4) is 0 Å². The Kier molecular flexibility index (Phi) is 44.3. The lowest BCUT2D eigenvalue weighted by Crippen LogP contribution is -2.31. The van der Waals surface area contributed by atoms with Crippen LogP contribution in [0.2, 0.25) is 0 Å². The van der Waals surface area contributed by atoms with Gasteiger partial charge >= 0.3 is 5.97 Å². The van der Waals surface area contributed by atoms with Crippen LogP contribution in [0.1, 0.15) is 10.4 Å². The molecule has 0 aliphatic heterocycles. The second-order valence-electron chi connectivity index (χ2n) is 9.51. The maximum absolute atomic E-state index is 10.5. The summed E-state index contributed by atoms with van der Waals surface area (Å²) in [5.41, 5.74) is 8.23. The van der Waals surface area contributed by atoms with Gasteiger partial charge in [0.1, 0.15) is 61.0 Å². The lowest BCUT2D eigenvalue weighted by Gasteiger charge is -2.10. The van der Waals surface area contributed by atoms with Gasteiger partial charge in [0.25, 0.3) is 0 Å². The minimum Gasteiger partial charge on any atom is -0.478 e. The number of hydrogen-bond donors (Lipinski definition) is 21. The Hall–Kier alpha value is -2.80. The SMILES string of the molecule is OC[C@@H](O)[C@@H](O)CO.OC[C@@H](O)[C@@H](O)CO.OC[C@@H](O)[C@@H](O)CO.OC[C@@H](O)[C@@H](O)CO.OC[C@@H](O)[C@@H](O)CO.[N-]=[N+]=Nc1ccccc1C(=O)O. The van der Waals surface area contributed by atoms with Gasteiger partial charge in [-0.1, -0.05) is 23.3 Å². The van der Waals surface area contributed by atoms with E-state index in [-0.39, 0.29) is 11.3 Å². The van der Waals surface area contributed by atoms with Gasteiger partial charge in [-0.3, -0.25) is 0 Å². The minimum absolute atomic E-state index is 0.00954.